The molecule has 1 saturated heterocycles. The number of carbonyl (C=O) groups excluding carboxylic acids is 1. The van der Waals surface area contributed by atoms with Crippen molar-refractivity contribution in [2.75, 3.05) is 0 Å². The van der Waals surface area contributed by atoms with Gasteiger partial charge >= 0.3 is 5.97 Å². The third-order valence-corrected chi connectivity index (χ3v) is 3.54. The molecule has 2 N–H and O–H groups in total. The van der Waals surface area contributed by atoms with Crippen molar-refractivity contribution < 1.29 is 14.7 Å². The van der Waals surface area contributed by atoms with Crippen LogP contribution in [-0.4, -0.2) is 23.0 Å². The number of carboxylic acid groups (broad SMARTS) is 1. The predicted molar refractivity (Wildman–Crippen MR) is 63.0 cm³/mol. The molecule has 0 radical (unpaired) electrons. The maximum Gasteiger partial charge on any atom is 0.327 e. The molecule has 1 amide bonds. The third-order valence-electron chi connectivity index (χ3n) is 3.21. The number of nitrogens with one attached hydrogen (secondary N) is 1. The topological polar surface area (TPSA) is 66.4 Å². The average Bonchev–Trinajstić information content (AvgIpc) is 2.55. The summed E-state index contributed by atoms with van der Waals surface area (Å²) in [6, 6.07) is 6.08. The number of aliphatic carboxylic acids is 1. The quantitative estimate of drug-likeness (QED) is 0.841. The van der Waals surface area contributed by atoms with Crippen molar-refractivity contribution in [1.29, 1.82) is 0 Å². The van der Waals surface area contributed by atoms with Crippen LogP contribution in [0.3, 0.4) is 0 Å². The van der Waals surface area contributed by atoms with Gasteiger partial charge in [-0.25, -0.2) is 4.79 Å². The largest absolute Gasteiger partial charge is 0.480 e. The smallest absolute Gasteiger partial charge is 0.327 e. The van der Waals surface area contributed by atoms with Crippen LogP contribution in [0.25, 0.3) is 0 Å². The number of carboxylic acids is 1. The van der Waals surface area contributed by atoms with Crippen molar-refractivity contribution in [3.8, 4) is 0 Å². The van der Waals surface area contributed by atoms with Gasteiger partial charge in [0.25, 0.3) is 0 Å². The molecule has 4 nitrogen and oxygen atoms in total. The summed E-state index contributed by atoms with van der Waals surface area (Å²) in [6.45, 7) is 1.74. The van der Waals surface area contributed by atoms with Crippen LogP contribution in [-0.2, 0) is 15.0 Å². The first kappa shape index (κ1) is 11.9. The molecule has 1 heterocycles. The molecule has 90 valence electrons. The average molecular weight is 254 g/mol. The molecule has 0 spiro atoms. The van der Waals surface area contributed by atoms with E-state index in [0.29, 0.717) is 10.6 Å². The fourth-order valence-corrected chi connectivity index (χ4v) is 2.67. The Bertz CT molecular complexity index is 488. The third kappa shape index (κ3) is 1.89. The minimum absolute atomic E-state index is 0.133. The van der Waals surface area contributed by atoms with Crippen LogP contribution in [0.2, 0.25) is 5.02 Å². The second-order valence-corrected chi connectivity index (χ2v) is 4.82. The van der Waals surface area contributed by atoms with E-state index in [4.69, 9.17) is 16.7 Å². The Morgan fingerprint density at radius 3 is 2.76 bits per heavy atom. The van der Waals surface area contributed by atoms with E-state index in [1.165, 1.54) is 0 Å². The van der Waals surface area contributed by atoms with E-state index in [0.717, 1.165) is 0 Å². The zero-order valence-corrected chi connectivity index (χ0v) is 9.99. The summed E-state index contributed by atoms with van der Waals surface area (Å²) in [5, 5.41) is 12.1. The van der Waals surface area contributed by atoms with Crippen molar-refractivity contribution in [2.24, 2.45) is 0 Å². The molecule has 17 heavy (non-hydrogen) atoms. The summed E-state index contributed by atoms with van der Waals surface area (Å²) in [5.74, 6) is -1.31. The summed E-state index contributed by atoms with van der Waals surface area (Å²) in [6.07, 6.45) is 0.133. The molecule has 1 fully saturated rings. The Labute approximate surface area is 104 Å². The predicted octanol–water partition coefficient (Wildman–Crippen LogP) is 1.57. The number of hydrogen-bond donors (Lipinski definition) is 2. The minimum Gasteiger partial charge on any atom is -0.480 e. The van der Waals surface area contributed by atoms with E-state index in [9.17, 15) is 9.59 Å². The summed E-state index contributed by atoms with van der Waals surface area (Å²) in [4.78, 5) is 22.6. The van der Waals surface area contributed by atoms with Crippen molar-refractivity contribution in [1.82, 2.24) is 5.32 Å². The van der Waals surface area contributed by atoms with Gasteiger partial charge in [0.05, 0.1) is 0 Å². The van der Waals surface area contributed by atoms with Crippen LogP contribution in [0, 0.1) is 0 Å². The second-order valence-electron chi connectivity index (χ2n) is 4.41. The SMILES string of the molecule is CC1(c2ccccc2Cl)CC(=O)NC1C(=O)O. The molecule has 2 unspecified atom stereocenters. The number of rotatable bonds is 2. The number of benzene rings is 1. The van der Waals surface area contributed by atoms with Gasteiger partial charge in [-0.2, -0.15) is 0 Å². The molecule has 1 aromatic carbocycles. The summed E-state index contributed by atoms with van der Waals surface area (Å²) >= 11 is 6.08. The van der Waals surface area contributed by atoms with E-state index < -0.39 is 17.4 Å². The fourth-order valence-electron chi connectivity index (χ4n) is 2.32. The molecule has 0 aromatic heterocycles. The zero-order valence-electron chi connectivity index (χ0n) is 9.24. The highest BCUT2D eigenvalue weighted by Crippen LogP contribution is 2.39. The van der Waals surface area contributed by atoms with Gasteiger partial charge in [0.15, 0.2) is 0 Å². The first-order chi connectivity index (χ1) is 7.95. The van der Waals surface area contributed by atoms with Gasteiger partial charge in [0.2, 0.25) is 5.91 Å². The van der Waals surface area contributed by atoms with Gasteiger partial charge in [-0.15, -0.1) is 0 Å². The normalized spacial score (nSPS) is 27.9. The first-order valence-electron chi connectivity index (χ1n) is 5.22. The maximum atomic E-state index is 11.4. The molecule has 0 saturated carbocycles. The number of hydrogen-bond acceptors (Lipinski definition) is 2. The highest BCUT2D eigenvalue weighted by molar-refractivity contribution is 6.31. The van der Waals surface area contributed by atoms with Crippen LogP contribution in [0.15, 0.2) is 24.3 Å². The van der Waals surface area contributed by atoms with Crippen molar-refractivity contribution >= 4 is 23.5 Å². The van der Waals surface area contributed by atoms with Crippen LogP contribution >= 0.6 is 11.6 Å². The fraction of sp³-hybridized carbons (Fsp3) is 0.333. The lowest BCUT2D eigenvalue weighted by Gasteiger charge is -2.28. The van der Waals surface area contributed by atoms with Crippen LogP contribution in [0.5, 0.6) is 0 Å². The maximum absolute atomic E-state index is 11.4. The Hall–Kier alpha value is -1.55. The monoisotopic (exact) mass is 253 g/mol. The van der Waals surface area contributed by atoms with Gasteiger partial charge in [0, 0.05) is 16.9 Å². The highest BCUT2D eigenvalue weighted by atomic mass is 35.5. The van der Waals surface area contributed by atoms with Crippen molar-refractivity contribution in [3.63, 3.8) is 0 Å². The molecule has 1 aliphatic heterocycles. The Morgan fingerprint density at radius 2 is 2.18 bits per heavy atom. The molecule has 0 aliphatic carbocycles. The zero-order chi connectivity index (χ0) is 12.6. The summed E-state index contributed by atoms with van der Waals surface area (Å²) in [7, 11) is 0. The Balaban J connectivity index is 2.51. The molecular formula is C12H12ClNO3. The molecule has 2 rings (SSSR count). The van der Waals surface area contributed by atoms with E-state index in [2.05, 4.69) is 5.32 Å². The van der Waals surface area contributed by atoms with Crippen molar-refractivity contribution in [2.45, 2.75) is 24.8 Å². The van der Waals surface area contributed by atoms with Crippen LogP contribution < -0.4 is 5.32 Å². The van der Waals surface area contributed by atoms with Crippen LogP contribution in [0.4, 0.5) is 0 Å². The minimum atomic E-state index is -1.04. The Kier molecular flexibility index (Phi) is 2.83. The van der Waals surface area contributed by atoms with E-state index in [1.807, 2.05) is 0 Å². The van der Waals surface area contributed by atoms with Crippen LogP contribution in [0.1, 0.15) is 18.9 Å². The summed E-state index contributed by atoms with van der Waals surface area (Å²) in [5.41, 5.74) is -0.117. The molecule has 5 heteroatoms. The molecule has 0 bridgehead atoms. The lowest BCUT2D eigenvalue weighted by atomic mass is 9.76. The molecule has 1 aromatic rings. The number of amides is 1. The van der Waals surface area contributed by atoms with Gasteiger partial charge in [0.1, 0.15) is 6.04 Å². The van der Waals surface area contributed by atoms with Crippen molar-refractivity contribution in [3.05, 3.63) is 34.9 Å². The van der Waals surface area contributed by atoms with E-state index in [1.54, 1.807) is 31.2 Å². The number of halogens is 1. The standard InChI is InChI=1S/C12H12ClNO3/c1-12(7-4-2-3-5-8(7)13)6-9(15)14-10(12)11(16)17/h2-5,10H,6H2,1H3,(H,14,15)(H,16,17). The molecular weight excluding hydrogens is 242 g/mol. The summed E-state index contributed by atoms with van der Waals surface area (Å²) < 4.78 is 0. The van der Waals surface area contributed by atoms with E-state index in [-0.39, 0.29) is 12.3 Å². The lowest BCUT2D eigenvalue weighted by Crippen LogP contribution is -2.44. The van der Waals surface area contributed by atoms with Gasteiger partial charge in [-0.3, -0.25) is 4.79 Å². The second kappa shape index (κ2) is 4.04. The van der Waals surface area contributed by atoms with Gasteiger partial charge < -0.3 is 10.4 Å². The molecule has 2 atom stereocenters. The lowest BCUT2D eigenvalue weighted by molar-refractivity contribution is -0.141. The van der Waals surface area contributed by atoms with E-state index >= 15 is 0 Å². The van der Waals surface area contributed by atoms with Gasteiger partial charge in [-0.05, 0) is 11.6 Å². The molecule has 1 aliphatic rings. The van der Waals surface area contributed by atoms with Gasteiger partial charge in [-0.1, -0.05) is 36.7 Å². The Morgan fingerprint density at radius 1 is 1.53 bits per heavy atom. The number of carbonyl (C=O) groups is 2. The first-order valence-corrected chi connectivity index (χ1v) is 5.60. The highest BCUT2D eigenvalue weighted by Gasteiger charge is 2.49.